The minimum absolute atomic E-state index is 0.0479. The monoisotopic (exact) mass is 576 g/mol. The Balaban J connectivity index is 1.54. The molecule has 6 rings (SSSR count). The predicted octanol–water partition coefficient (Wildman–Crippen LogP) is 5.41. The van der Waals surface area contributed by atoms with E-state index in [1.165, 1.54) is 0 Å². The molecule has 4 aromatic rings. The van der Waals surface area contributed by atoms with Crippen LogP contribution in [0.2, 0.25) is 0 Å². The molecule has 0 saturated carbocycles. The zero-order chi connectivity index (χ0) is 29.8. The molecule has 1 amide bonds. The Morgan fingerprint density at radius 1 is 0.721 bits per heavy atom. The maximum Gasteiger partial charge on any atom is 0.328 e. The second-order valence-corrected chi connectivity index (χ2v) is 10.6. The van der Waals surface area contributed by atoms with Gasteiger partial charge >= 0.3 is 11.9 Å². The van der Waals surface area contributed by atoms with Crippen LogP contribution in [-0.2, 0) is 37.1 Å². The van der Waals surface area contributed by atoms with Crippen LogP contribution in [0.25, 0.3) is 0 Å². The fraction of sp³-hybridized carbons (Fsp3) is 0.229. The average Bonchev–Trinajstić information content (AvgIpc) is 3.59. The van der Waals surface area contributed by atoms with Crippen molar-refractivity contribution in [2.75, 3.05) is 13.7 Å². The molecule has 0 radical (unpaired) electrons. The number of nitrogens with zero attached hydrogens (tertiary/aromatic N) is 2. The number of amides is 1. The quantitative estimate of drug-likeness (QED) is 0.195. The lowest BCUT2D eigenvalue weighted by atomic mass is 9.70. The minimum atomic E-state index is -1.96. The van der Waals surface area contributed by atoms with Crippen molar-refractivity contribution in [2.45, 2.75) is 31.7 Å². The van der Waals surface area contributed by atoms with Gasteiger partial charge in [-0.15, -0.1) is 0 Å². The Labute approximate surface area is 250 Å². The molecule has 8 heteroatoms. The first kappa shape index (κ1) is 28.2. The second-order valence-electron chi connectivity index (χ2n) is 10.6. The number of ether oxygens (including phenoxy) is 3. The summed E-state index contributed by atoms with van der Waals surface area (Å²) in [5.41, 5.74) is 0.834. The first-order valence-electron chi connectivity index (χ1n) is 14.2. The van der Waals surface area contributed by atoms with Crippen LogP contribution in [0.3, 0.4) is 0 Å². The summed E-state index contributed by atoms with van der Waals surface area (Å²) >= 11 is 0. The van der Waals surface area contributed by atoms with Crippen LogP contribution in [0.5, 0.6) is 5.75 Å². The van der Waals surface area contributed by atoms with Crippen molar-refractivity contribution in [3.8, 4) is 5.75 Å². The molecule has 0 unspecified atom stereocenters. The highest BCUT2D eigenvalue weighted by molar-refractivity contribution is 6.04. The van der Waals surface area contributed by atoms with E-state index in [9.17, 15) is 14.4 Å². The van der Waals surface area contributed by atoms with Gasteiger partial charge in [-0.1, -0.05) is 103 Å². The summed E-state index contributed by atoms with van der Waals surface area (Å²) in [6.45, 7) is 0.227. The number of esters is 2. The van der Waals surface area contributed by atoms with E-state index >= 15 is 0 Å². The summed E-state index contributed by atoms with van der Waals surface area (Å²) in [7, 11) is 1.56. The van der Waals surface area contributed by atoms with Crippen LogP contribution >= 0.6 is 0 Å². The van der Waals surface area contributed by atoms with E-state index in [4.69, 9.17) is 14.2 Å². The Kier molecular flexibility index (Phi) is 7.94. The van der Waals surface area contributed by atoms with Crippen LogP contribution in [0, 0.1) is 5.41 Å². The maximum atomic E-state index is 14.7. The summed E-state index contributed by atoms with van der Waals surface area (Å²) in [5.74, 6) is -1.16. The predicted molar refractivity (Wildman–Crippen MR) is 158 cm³/mol. The van der Waals surface area contributed by atoms with Crippen LogP contribution in [0.4, 0.5) is 0 Å². The van der Waals surface area contributed by atoms with Gasteiger partial charge in [-0.05, 0) is 34.4 Å². The van der Waals surface area contributed by atoms with Gasteiger partial charge in [0.05, 0.1) is 13.2 Å². The molecular formula is C35H32N2O6. The van der Waals surface area contributed by atoms with Crippen LogP contribution in [-0.4, -0.2) is 41.5 Å². The third-order valence-corrected chi connectivity index (χ3v) is 8.12. The van der Waals surface area contributed by atoms with Gasteiger partial charge in [-0.25, -0.2) is 5.01 Å². The largest absolute Gasteiger partial charge is 0.497 e. The van der Waals surface area contributed by atoms with E-state index in [2.05, 4.69) is 0 Å². The summed E-state index contributed by atoms with van der Waals surface area (Å²) in [6, 6.07) is 33.0. The Morgan fingerprint density at radius 2 is 1.26 bits per heavy atom. The maximum absolute atomic E-state index is 14.7. The molecule has 0 aromatic heterocycles. The van der Waals surface area contributed by atoms with Crippen molar-refractivity contribution in [3.05, 3.63) is 138 Å². The molecule has 0 bridgehead atoms. The van der Waals surface area contributed by atoms with Gasteiger partial charge < -0.3 is 14.2 Å². The Bertz CT molecular complexity index is 1540. The third-order valence-electron chi connectivity index (χ3n) is 8.12. The van der Waals surface area contributed by atoms with Crippen LogP contribution in [0.15, 0.2) is 115 Å². The number of methoxy groups -OCH3 is 1. The molecule has 2 saturated heterocycles. The second kappa shape index (κ2) is 12.1. The fourth-order valence-electron chi connectivity index (χ4n) is 6.20. The topological polar surface area (TPSA) is 85.4 Å². The smallest absolute Gasteiger partial charge is 0.328 e. The molecule has 2 atom stereocenters. The normalized spacial score (nSPS) is 19.1. The SMILES string of the molecule is COc1cccc([C@H]2N3CCC(=O)N3[C@H](c3ccccc3)C2(C(=O)OCc2ccccc2)C(=O)OCc2ccccc2)c1. The number of fused-ring (bicyclic) bond motifs is 1. The highest BCUT2D eigenvalue weighted by atomic mass is 16.6. The van der Waals surface area contributed by atoms with Crippen molar-refractivity contribution in [1.82, 2.24) is 10.0 Å². The molecule has 2 heterocycles. The Hall–Kier alpha value is -4.95. The molecular weight excluding hydrogens is 544 g/mol. The fourth-order valence-corrected chi connectivity index (χ4v) is 6.20. The van der Waals surface area contributed by atoms with E-state index in [1.807, 2.05) is 108 Å². The number of hydrogen-bond donors (Lipinski definition) is 0. The lowest BCUT2D eigenvalue weighted by Crippen LogP contribution is -2.50. The molecule has 218 valence electrons. The van der Waals surface area contributed by atoms with E-state index in [1.54, 1.807) is 24.3 Å². The first-order valence-corrected chi connectivity index (χ1v) is 14.2. The van der Waals surface area contributed by atoms with Crippen LogP contribution in [0.1, 0.15) is 40.8 Å². The summed E-state index contributed by atoms with van der Waals surface area (Å²) in [4.78, 5) is 43.1. The third kappa shape index (κ3) is 5.15. The molecule has 43 heavy (non-hydrogen) atoms. The summed E-state index contributed by atoms with van der Waals surface area (Å²) in [5, 5.41) is 3.38. The van der Waals surface area contributed by atoms with E-state index in [0.29, 0.717) is 23.4 Å². The van der Waals surface area contributed by atoms with Crippen LogP contribution < -0.4 is 4.74 Å². The Morgan fingerprint density at radius 3 is 1.81 bits per heavy atom. The molecule has 2 aliphatic heterocycles. The van der Waals surface area contributed by atoms with Gasteiger partial charge in [0.25, 0.3) is 0 Å². The molecule has 0 N–H and O–H groups in total. The highest BCUT2D eigenvalue weighted by Crippen LogP contribution is 2.60. The number of carbonyl (C=O) groups is 3. The van der Waals surface area contributed by atoms with Crippen molar-refractivity contribution in [3.63, 3.8) is 0 Å². The van der Waals surface area contributed by atoms with Gasteiger partial charge in [0, 0.05) is 13.0 Å². The average molecular weight is 577 g/mol. The number of rotatable bonds is 9. The van der Waals surface area contributed by atoms with Crippen molar-refractivity contribution in [2.24, 2.45) is 5.41 Å². The lowest BCUT2D eigenvalue weighted by Gasteiger charge is -2.35. The number of benzene rings is 4. The van der Waals surface area contributed by atoms with Crippen molar-refractivity contribution >= 4 is 17.8 Å². The molecule has 0 spiro atoms. The molecule has 2 fully saturated rings. The zero-order valence-electron chi connectivity index (χ0n) is 23.8. The number of hydrogen-bond acceptors (Lipinski definition) is 7. The summed E-state index contributed by atoms with van der Waals surface area (Å²) < 4.78 is 17.6. The van der Waals surface area contributed by atoms with Gasteiger partial charge in [-0.3, -0.25) is 19.4 Å². The molecule has 4 aromatic carbocycles. The summed E-state index contributed by atoms with van der Waals surface area (Å²) in [6.07, 6.45) is 0.248. The van der Waals surface area contributed by atoms with E-state index < -0.39 is 29.4 Å². The van der Waals surface area contributed by atoms with Crippen molar-refractivity contribution < 1.29 is 28.6 Å². The lowest BCUT2D eigenvalue weighted by molar-refractivity contribution is -0.178. The van der Waals surface area contributed by atoms with Gasteiger partial charge in [0.2, 0.25) is 11.3 Å². The molecule has 2 aliphatic rings. The minimum Gasteiger partial charge on any atom is -0.497 e. The number of carbonyl (C=O) groups excluding carboxylic acids is 3. The molecule has 8 nitrogen and oxygen atoms in total. The molecule has 0 aliphatic carbocycles. The van der Waals surface area contributed by atoms with Gasteiger partial charge in [0.15, 0.2) is 0 Å². The van der Waals surface area contributed by atoms with Gasteiger partial charge in [-0.2, -0.15) is 0 Å². The first-order chi connectivity index (χ1) is 21.0. The number of hydrazine groups is 1. The van der Waals surface area contributed by atoms with Crippen molar-refractivity contribution in [1.29, 1.82) is 0 Å². The van der Waals surface area contributed by atoms with E-state index in [-0.39, 0.29) is 25.5 Å². The standard InChI is InChI=1S/C35H32N2O6/c1-41-29-19-11-18-28(22-29)31-35(33(39)42-23-25-12-5-2-6-13-25,34(40)43-24-26-14-7-3-8-15-26)32(27-16-9-4-10-17-27)37-30(38)20-21-36(31)37/h2-19,22,31-32H,20-21,23-24H2,1H3/t31-,32-/m1/s1. The zero-order valence-corrected chi connectivity index (χ0v) is 23.8. The van der Waals surface area contributed by atoms with E-state index in [0.717, 1.165) is 11.1 Å². The highest BCUT2D eigenvalue weighted by Gasteiger charge is 2.72. The van der Waals surface area contributed by atoms with Gasteiger partial charge in [0.1, 0.15) is 25.0 Å².